The van der Waals surface area contributed by atoms with Crippen molar-refractivity contribution in [2.75, 3.05) is 13.1 Å². The van der Waals surface area contributed by atoms with Crippen molar-refractivity contribution in [2.24, 2.45) is 7.05 Å². The number of hydrogen-bond acceptors (Lipinski definition) is 2. The number of aromatic nitrogens is 1. The zero-order valence-electron chi connectivity index (χ0n) is 15.4. The number of amides is 2. The number of likely N-dealkylation sites (tertiary alicyclic amines) is 1. The van der Waals surface area contributed by atoms with Gasteiger partial charge in [0, 0.05) is 38.8 Å². The molecule has 1 aliphatic carbocycles. The van der Waals surface area contributed by atoms with Crippen LogP contribution in [0.25, 0.3) is 0 Å². The van der Waals surface area contributed by atoms with Crippen LogP contribution in [0.1, 0.15) is 73.8 Å². The lowest BCUT2D eigenvalue weighted by Crippen LogP contribution is -2.35. The summed E-state index contributed by atoms with van der Waals surface area (Å²) in [4.78, 5) is 26.7. The van der Waals surface area contributed by atoms with Gasteiger partial charge in [-0.1, -0.05) is 25.7 Å². The predicted molar refractivity (Wildman–Crippen MR) is 98.5 cm³/mol. The van der Waals surface area contributed by atoms with Crippen molar-refractivity contribution in [2.45, 2.75) is 70.3 Å². The molecular weight excluding hydrogens is 314 g/mol. The molecule has 2 amide bonds. The van der Waals surface area contributed by atoms with Crippen LogP contribution in [-0.4, -0.2) is 40.4 Å². The average Bonchev–Trinajstić information content (AvgIpc) is 3.18. The number of aryl methyl sites for hydroxylation is 2. The Bertz CT molecular complexity index is 594. The highest BCUT2D eigenvalue weighted by molar-refractivity contribution is 5.93. The maximum Gasteiger partial charge on any atom is 0.268 e. The van der Waals surface area contributed by atoms with Crippen molar-refractivity contribution in [3.8, 4) is 0 Å². The number of carbonyl (C=O) groups is 2. The highest BCUT2D eigenvalue weighted by Crippen LogP contribution is 2.18. The minimum Gasteiger partial charge on any atom is -0.348 e. The van der Waals surface area contributed by atoms with Crippen molar-refractivity contribution >= 4 is 11.8 Å². The molecule has 0 unspecified atom stereocenters. The number of nitrogens with one attached hydrogen (secondary N) is 1. The summed E-state index contributed by atoms with van der Waals surface area (Å²) in [5, 5.41) is 3.20. The van der Waals surface area contributed by atoms with Crippen LogP contribution in [0.5, 0.6) is 0 Å². The second-order valence-corrected chi connectivity index (χ2v) is 7.59. The Morgan fingerprint density at radius 1 is 1.08 bits per heavy atom. The maximum atomic E-state index is 12.6. The molecule has 25 heavy (non-hydrogen) atoms. The van der Waals surface area contributed by atoms with Gasteiger partial charge in [0.05, 0.1) is 0 Å². The molecule has 0 radical (unpaired) electrons. The third kappa shape index (κ3) is 4.86. The minimum absolute atomic E-state index is 0.0199. The van der Waals surface area contributed by atoms with Crippen LogP contribution >= 0.6 is 0 Å². The summed E-state index contributed by atoms with van der Waals surface area (Å²) >= 11 is 0. The van der Waals surface area contributed by atoms with Crippen molar-refractivity contribution < 1.29 is 9.59 Å². The van der Waals surface area contributed by atoms with E-state index in [-0.39, 0.29) is 11.8 Å². The molecule has 2 aliphatic rings. The fraction of sp³-hybridized carbons (Fsp3) is 0.700. The van der Waals surface area contributed by atoms with Crippen LogP contribution in [0, 0.1) is 0 Å². The first kappa shape index (κ1) is 18.0. The smallest absolute Gasteiger partial charge is 0.268 e. The fourth-order valence-electron chi connectivity index (χ4n) is 4.05. The Morgan fingerprint density at radius 3 is 2.44 bits per heavy atom. The lowest BCUT2D eigenvalue weighted by molar-refractivity contribution is -0.130. The molecule has 1 saturated heterocycles. The normalized spacial score (nSPS) is 19.0. The van der Waals surface area contributed by atoms with Gasteiger partial charge in [-0.15, -0.1) is 0 Å². The molecule has 0 aromatic carbocycles. The highest BCUT2D eigenvalue weighted by atomic mass is 16.2. The van der Waals surface area contributed by atoms with Crippen molar-refractivity contribution in [3.05, 3.63) is 23.5 Å². The monoisotopic (exact) mass is 345 g/mol. The third-order valence-corrected chi connectivity index (χ3v) is 5.57. The molecule has 5 nitrogen and oxygen atoms in total. The summed E-state index contributed by atoms with van der Waals surface area (Å²) in [5.41, 5.74) is 1.77. The first-order chi connectivity index (χ1) is 12.1. The SMILES string of the molecule is Cn1cc(CCC(=O)N2CCCC2)cc1C(=O)NC1CCCCCC1. The lowest BCUT2D eigenvalue weighted by atomic mass is 10.1. The van der Waals surface area contributed by atoms with Crippen LogP contribution in [0.3, 0.4) is 0 Å². The number of hydrogen-bond donors (Lipinski definition) is 1. The van der Waals surface area contributed by atoms with E-state index in [2.05, 4.69) is 5.32 Å². The Morgan fingerprint density at radius 2 is 1.76 bits per heavy atom. The van der Waals surface area contributed by atoms with Gasteiger partial charge in [-0.3, -0.25) is 9.59 Å². The van der Waals surface area contributed by atoms with E-state index in [1.165, 1.54) is 25.7 Å². The standard InChI is InChI=1S/C20H31N3O2/c1-22-15-16(10-11-19(24)23-12-6-7-13-23)14-18(22)20(25)21-17-8-4-2-3-5-9-17/h14-15,17H,2-13H2,1H3,(H,21,25). The van der Waals surface area contributed by atoms with E-state index in [1.807, 2.05) is 28.8 Å². The van der Waals surface area contributed by atoms with Gasteiger partial charge in [-0.05, 0) is 43.7 Å². The summed E-state index contributed by atoms with van der Waals surface area (Å²) in [7, 11) is 1.91. The largest absolute Gasteiger partial charge is 0.348 e. The molecular formula is C20H31N3O2. The van der Waals surface area contributed by atoms with Gasteiger partial charge in [0.25, 0.3) is 5.91 Å². The molecule has 0 spiro atoms. The second-order valence-electron chi connectivity index (χ2n) is 7.59. The van der Waals surface area contributed by atoms with Gasteiger partial charge in [-0.25, -0.2) is 0 Å². The summed E-state index contributed by atoms with van der Waals surface area (Å²) in [6, 6.07) is 2.26. The summed E-state index contributed by atoms with van der Waals surface area (Å²) in [6.07, 6.45) is 12.7. The van der Waals surface area contributed by atoms with E-state index in [0.29, 0.717) is 24.6 Å². The molecule has 1 saturated carbocycles. The van der Waals surface area contributed by atoms with Crippen molar-refractivity contribution in [1.82, 2.24) is 14.8 Å². The molecule has 1 aromatic heterocycles. The lowest BCUT2D eigenvalue weighted by Gasteiger charge is -2.16. The molecule has 5 heteroatoms. The number of nitrogens with zero attached hydrogens (tertiary/aromatic N) is 2. The van der Waals surface area contributed by atoms with Gasteiger partial charge < -0.3 is 14.8 Å². The van der Waals surface area contributed by atoms with E-state index in [0.717, 1.165) is 44.3 Å². The highest BCUT2D eigenvalue weighted by Gasteiger charge is 2.20. The Hall–Kier alpha value is -1.78. The number of carbonyl (C=O) groups excluding carboxylic acids is 2. The molecule has 1 N–H and O–H groups in total. The summed E-state index contributed by atoms with van der Waals surface area (Å²) in [6.45, 7) is 1.81. The van der Waals surface area contributed by atoms with Crippen LogP contribution in [0.2, 0.25) is 0 Å². The van der Waals surface area contributed by atoms with Crippen LogP contribution in [-0.2, 0) is 18.3 Å². The molecule has 0 bridgehead atoms. The molecule has 2 fully saturated rings. The van der Waals surface area contributed by atoms with Crippen LogP contribution in [0.15, 0.2) is 12.3 Å². The van der Waals surface area contributed by atoms with Crippen LogP contribution < -0.4 is 5.32 Å². The minimum atomic E-state index is 0.0199. The quantitative estimate of drug-likeness (QED) is 0.834. The van der Waals surface area contributed by atoms with Gasteiger partial charge in [-0.2, -0.15) is 0 Å². The van der Waals surface area contributed by atoms with Crippen molar-refractivity contribution in [3.63, 3.8) is 0 Å². The fourth-order valence-corrected chi connectivity index (χ4v) is 4.05. The van der Waals surface area contributed by atoms with E-state index in [1.54, 1.807) is 0 Å². The van der Waals surface area contributed by atoms with E-state index >= 15 is 0 Å². The van der Waals surface area contributed by atoms with Gasteiger partial charge in [0.2, 0.25) is 5.91 Å². The zero-order chi connectivity index (χ0) is 17.6. The summed E-state index contributed by atoms with van der Waals surface area (Å²) in [5.74, 6) is 0.261. The van der Waals surface area contributed by atoms with Crippen molar-refractivity contribution in [1.29, 1.82) is 0 Å². The van der Waals surface area contributed by atoms with Gasteiger partial charge >= 0.3 is 0 Å². The van der Waals surface area contributed by atoms with Crippen LogP contribution in [0.4, 0.5) is 0 Å². The van der Waals surface area contributed by atoms with E-state index < -0.39 is 0 Å². The van der Waals surface area contributed by atoms with E-state index in [9.17, 15) is 9.59 Å². The van der Waals surface area contributed by atoms with E-state index in [4.69, 9.17) is 0 Å². The Balaban J connectivity index is 1.53. The van der Waals surface area contributed by atoms with Gasteiger partial charge in [0.15, 0.2) is 0 Å². The molecule has 3 rings (SSSR count). The third-order valence-electron chi connectivity index (χ3n) is 5.57. The second kappa shape index (κ2) is 8.54. The summed E-state index contributed by atoms with van der Waals surface area (Å²) < 4.78 is 1.89. The number of rotatable bonds is 5. The molecule has 1 aliphatic heterocycles. The Kier molecular flexibility index (Phi) is 6.16. The predicted octanol–water partition coefficient (Wildman–Crippen LogP) is 3.03. The first-order valence-corrected chi connectivity index (χ1v) is 9.87. The maximum absolute atomic E-state index is 12.6. The first-order valence-electron chi connectivity index (χ1n) is 9.87. The molecule has 1 aromatic rings. The molecule has 0 atom stereocenters. The zero-order valence-corrected chi connectivity index (χ0v) is 15.4. The topological polar surface area (TPSA) is 54.3 Å². The molecule has 2 heterocycles. The molecule has 138 valence electrons. The Labute approximate surface area is 150 Å². The van der Waals surface area contributed by atoms with Gasteiger partial charge in [0.1, 0.15) is 5.69 Å². The average molecular weight is 345 g/mol.